The van der Waals surface area contributed by atoms with Gasteiger partial charge in [0.05, 0.1) is 65.7 Å². The molecule has 152 valence electrons. The van der Waals surface area contributed by atoms with Crippen molar-refractivity contribution in [2.45, 2.75) is 26.2 Å². The second kappa shape index (κ2) is 27.5. The molecule has 0 atom stereocenters. The smallest absolute Gasteiger partial charge is 0.303 e. The first-order valence-electron chi connectivity index (χ1n) is 7.95. The first-order chi connectivity index (χ1) is 12.0. The van der Waals surface area contributed by atoms with Gasteiger partial charge in [0.25, 0.3) is 0 Å². The molecule has 0 unspecified atom stereocenters. The lowest BCUT2D eigenvalue weighted by Gasteiger charge is -2.02. The van der Waals surface area contributed by atoms with Gasteiger partial charge in [0.15, 0.2) is 0 Å². The molecule has 0 spiro atoms. The summed E-state index contributed by atoms with van der Waals surface area (Å²) in [6, 6.07) is 0. The summed E-state index contributed by atoms with van der Waals surface area (Å²) in [4.78, 5) is 19.3. The van der Waals surface area contributed by atoms with Crippen LogP contribution in [0.5, 0.6) is 0 Å². The first kappa shape index (κ1) is 28.5. The number of carbonyl (C=O) groups is 2. The van der Waals surface area contributed by atoms with E-state index in [1.54, 1.807) is 0 Å². The number of aliphatic hydroxyl groups is 3. The van der Waals surface area contributed by atoms with Gasteiger partial charge in [-0.1, -0.05) is 6.92 Å². The van der Waals surface area contributed by atoms with E-state index in [4.69, 9.17) is 35.0 Å². The van der Waals surface area contributed by atoms with Gasteiger partial charge >= 0.3 is 11.9 Å². The minimum Gasteiger partial charge on any atom is -0.481 e. The van der Waals surface area contributed by atoms with E-state index in [1.165, 1.54) is 0 Å². The van der Waals surface area contributed by atoms with Gasteiger partial charge in [-0.05, 0) is 6.42 Å². The molecule has 10 nitrogen and oxygen atoms in total. The number of hydrogen-bond donors (Lipinski definition) is 5. The summed E-state index contributed by atoms with van der Waals surface area (Å²) in [5, 5.41) is 40.3. The molecule has 0 aliphatic carbocycles. The van der Waals surface area contributed by atoms with Crippen molar-refractivity contribution in [2.75, 3.05) is 59.5 Å². The van der Waals surface area contributed by atoms with Crippen molar-refractivity contribution in [3.05, 3.63) is 0 Å². The van der Waals surface area contributed by atoms with Gasteiger partial charge in [0.2, 0.25) is 0 Å². The number of carboxylic acid groups (broad SMARTS) is 2. The maximum absolute atomic E-state index is 9.64. The predicted molar refractivity (Wildman–Crippen MR) is 88.5 cm³/mol. The Morgan fingerprint density at radius 1 is 0.640 bits per heavy atom. The number of aliphatic carboxylic acids is 2. The fourth-order valence-electron chi connectivity index (χ4n) is 0.976. The average Bonchev–Trinajstić information content (AvgIpc) is 2.58. The Hall–Kier alpha value is -1.30. The molecule has 0 aromatic carbocycles. The second-order valence-corrected chi connectivity index (χ2v) is 4.30. The minimum absolute atomic E-state index is 0.0278. The lowest BCUT2D eigenvalue weighted by atomic mass is 10.3. The summed E-state index contributed by atoms with van der Waals surface area (Å²) in [6.07, 6.45) is 0.449. The van der Waals surface area contributed by atoms with E-state index in [9.17, 15) is 9.59 Å². The van der Waals surface area contributed by atoms with E-state index in [1.807, 2.05) is 0 Å². The number of rotatable bonds is 14. The lowest BCUT2D eigenvalue weighted by molar-refractivity contribution is -0.143. The quantitative estimate of drug-likeness (QED) is 0.247. The van der Waals surface area contributed by atoms with E-state index in [0.29, 0.717) is 33.0 Å². The number of hydrogen-bond acceptors (Lipinski definition) is 8. The molecule has 0 aromatic rings. The van der Waals surface area contributed by atoms with Gasteiger partial charge in [0.1, 0.15) is 0 Å². The Morgan fingerprint density at radius 2 is 0.960 bits per heavy atom. The van der Waals surface area contributed by atoms with Crippen LogP contribution in [0.15, 0.2) is 0 Å². The van der Waals surface area contributed by atoms with Crippen molar-refractivity contribution in [3.8, 4) is 0 Å². The molecular weight excluding hydrogens is 340 g/mol. The van der Waals surface area contributed by atoms with E-state index in [2.05, 4.69) is 11.7 Å². The van der Waals surface area contributed by atoms with Gasteiger partial charge in [0, 0.05) is 6.61 Å². The standard InChI is InChI=1S/C7H16O3.C4H6O4.C4H10O3/c1-2-4-9-6-7-10-5-3-8;5-3(6)1-2-4(7)8;5-1-3-7-4-2-6/h8H,2-7H2,1H3;1-2H2,(H,5,6)(H,7,8);5-6H,1-4H2. The Kier molecular flexibility index (Phi) is 31.4. The van der Waals surface area contributed by atoms with Gasteiger partial charge < -0.3 is 39.7 Å². The molecule has 0 amide bonds. The fourth-order valence-corrected chi connectivity index (χ4v) is 0.976. The van der Waals surface area contributed by atoms with Crippen molar-refractivity contribution in [1.29, 1.82) is 0 Å². The van der Waals surface area contributed by atoms with Crippen LogP contribution in [0.1, 0.15) is 26.2 Å². The second-order valence-electron chi connectivity index (χ2n) is 4.30. The van der Waals surface area contributed by atoms with E-state index >= 15 is 0 Å². The van der Waals surface area contributed by atoms with Crippen LogP contribution >= 0.6 is 0 Å². The third-order valence-electron chi connectivity index (χ3n) is 1.98. The molecule has 25 heavy (non-hydrogen) atoms. The van der Waals surface area contributed by atoms with Gasteiger partial charge in [-0.2, -0.15) is 0 Å². The normalized spacial score (nSPS) is 9.44. The first-order valence-corrected chi connectivity index (χ1v) is 7.95. The maximum atomic E-state index is 9.64. The highest BCUT2D eigenvalue weighted by Crippen LogP contribution is 1.86. The Bertz CT molecular complexity index is 247. The van der Waals surface area contributed by atoms with Gasteiger partial charge in [-0.3, -0.25) is 9.59 Å². The molecule has 0 rings (SSSR count). The van der Waals surface area contributed by atoms with Crippen LogP contribution in [0.25, 0.3) is 0 Å². The molecular formula is C15H32O10. The highest BCUT2D eigenvalue weighted by molar-refractivity contribution is 5.75. The molecule has 0 bridgehead atoms. The third kappa shape index (κ3) is 45.0. The zero-order valence-electron chi connectivity index (χ0n) is 14.8. The molecule has 0 heterocycles. The molecule has 5 N–H and O–H groups in total. The summed E-state index contributed by atoms with van der Waals surface area (Å²) in [5.41, 5.74) is 0. The van der Waals surface area contributed by atoms with Crippen LogP contribution in [-0.2, 0) is 23.8 Å². The van der Waals surface area contributed by atoms with Crippen LogP contribution in [0.2, 0.25) is 0 Å². The zero-order chi connectivity index (χ0) is 19.8. The average molecular weight is 372 g/mol. The molecule has 0 fully saturated rings. The highest BCUT2D eigenvalue weighted by atomic mass is 16.5. The monoisotopic (exact) mass is 372 g/mol. The molecule has 10 heteroatoms. The topological polar surface area (TPSA) is 163 Å². The number of ether oxygens (including phenoxy) is 3. The van der Waals surface area contributed by atoms with Crippen molar-refractivity contribution in [1.82, 2.24) is 0 Å². The third-order valence-corrected chi connectivity index (χ3v) is 1.98. The Morgan fingerprint density at radius 3 is 1.24 bits per heavy atom. The summed E-state index contributed by atoms with van der Waals surface area (Å²) < 4.78 is 14.7. The fraction of sp³-hybridized carbons (Fsp3) is 0.867. The largest absolute Gasteiger partial charge is 0.481 e. The minimum atomic E-state index is -1.08. The van der Waals surface area contributed by atoms with E-state index < -0.39 is 11.9 Å². The van der Waals surface area contributed by atoms with Crippen LogP contribution in [0, 0.1) is 0 Å². The van der Waals surface area contributed by atoms with Crippen LogP contribution < -0.4 is 0 Å². The zero-order valence-corrected chi connectivity index (χ0v) is 14.8. The van der Waals surface area contributed by atoms with Crippen LogP contribution in [0.3, 0.4) is 0 Å². The lowest BCUT2D eigenvalue weighted by Crippen LogP contribution is -2.07. The van der Waals surface area contributed by atoms with Crippen molar-refractivity contribution in [2.24, 2.45) is 0 Å². The SMILES string of the molecule is CCCOCCOCCO.O=C(O)CCC(=O)O.OCCOCCO. The van der Waals surface area contributed by atoms with E-state index in [-0.39, 0.29) is 32.7 Å². The Labute approximate surface area is 147 Å². The molecule has 0 saturated heterocycles. The summed E-state index contributed by atoms with van der Waals surface area (Å²) >= 11 is 0. The Balaban J connectivity index is -0.000000296. The van der Waals surface area contributed by atoms with Gasteiger partial charge in [-0.25, -0.2) is 0 Å². The van der Waals surface area contributed by atoms with Crippen LogP contribution in [-0.4, -0.2) is 96.9 Å². The van der Waals surface area contributed by atoms with Crippen molar-refractivity contribution < 1.29 is 49.3 Å². The van der Waals surface area contributed by atoms with Crippen molar-refractivity contribution in [3.63, 3.8) is 0 Å². The molecule has 0 aromatic heterocycles. The van der Waals surface area contributed by atoms with E-state index in [0.717, 1.165) is 13.0 Å². The summed E-state index contributed by atoms with van der Waals surface area (Å²) in [5.74, 6) is -2.15. The summed E-state index contributed by atoms with van der Waals surface area (Å²) in [6.45, 7) is 5.27. The predicted octanol–water partition coefficient (Wildman–Crippen LogP) is -0.655. The van der Waals surface area contributed by atoms with Gasteiger partial charge in [-0.15, -0.1) is 0 Å². The van der Waals surface area contributed by atoms with Crippen molar-refractivity contribution >= 4 is 11.9 Å². The highest BCUT2D eigenvalue weighted by Gasteiger charge is 2.00. The number of carboxylic acids is 2. The number of aliphatic hydroxyl groups excluding tert-OH is 3. The maximum Gasteiger partial charge on any atom is 0.303 e. The molecule has 0 aliphatic rings. The molecule has 0 radical (unpaired) electrons. The van der Waals surface area contributed by atoms with Crippen LogP contribution in [0.4, 0.5) is 0 Å². The summed E-state index contributed by atoms with van der Waals surface area (Å²) in [7, 11) is 0. The molecule has 0 aliphatic heterocycles. The molecule has 0 saturated carbocycles.